The van der Waals surface area contributed by atoms with Gasteiger partial charge in [-0.2, -0.15) is 10.2 Å². The maximum Gasteiger partial charge on any atom is 0.176 e. The first-order chi connectivity index (χ1) is 16.3. The molecule has 3 aromatic rings. The zero-order chi connectivity index (χ0) is 22.5. The predicted octanol–water partition coefficient (Wildman–Crippen LogP) is 2.85. The quantitative estimate of drug-likeness (QED) is 0.538. The smallest absolute Gasteiger partial charge is 0.176 e. The van der Waals surface area contributed by atoms with Crippen LogP contribution in [0.2, 0.25) is 0 Å². The van der Waals surface area contributed by atoms with Crippen molar-refractivity contribution in [1.29, 1.82) is 0 Å². The minimum atomic E-state index is -0.540. The zero-order valence-electron chi connectivity index (χ0n) is 18.6. The van der Waals surface area contributed by atoms with Crippen molar-refractivity contribution in [3.63, 3.8) is 0 Å². The molecule has 0 spiro atoms. The van der Waals surface area contributed by atoms with Gasteiger partial charge >= 0.3 is 0 Å². The largest absolute Gasteiger partial charge is 0.491 e. The van der Waals surface area contributed by atoms with Gasteiger partial charge in [-0.3, -0.25) is 10.3 Å². The van der Waals surface area contributed by atoms with Gasteiger partial charge in [0.05, 0.1) is 25.1 Å². The SMILES string of the molecule is O[C@H](COc1cccc2c1CCC/C2=N/Nc1nncc2ccccc12)CN1CCOCC1. The second-order valence-electron chi connectivity index (χ2n) is 8.46. The third-order valence-corrected chi connectivity index (χ3v) is 6.16. The molecule has 1 aliphatic carbocycles. The van der Waals surface area contributed by atoms with Crippen molar-refractivity contribution in [2.75, 3.05) is 44.9 Å². The highest BCUT2D eigenvalue weighted by molar-refractivity contribution is 6.04. The number of aromatic nitrogens is 2. The summed E-state index contributed by atoms with van der Waals surface area (Å²) in [5.41, 5.74) is 6.34. The third kappa shape index (κ3) is 5.13. The molecule has 2 N–H and O–H groups in total. The van der Waals surface area contributed by atoms with Crippen LogP contribution in [0.15, 0.2) is 53.8 Å². The number of β-amino-alcohol motifs (C(OH)–C–C–N with tert-alkyl or cyclic N) is 1. The topological polar surface area (TPSA) is 92.1 Å². The van der Waals surface area contributed by atoms with Gasteiger partial charge in [-0.05, 0) is 25.3 Å². The number of hydrazone groups is 1. The maximum absolute atomic E-state index is 10.5. The van der Waals surface area contributed by atoms with Crippen molar-refractivity contribution < 1.29 is 14.6 Å². The number of morpholine rings is 1. The van der Waals surface area contributed by atoms with Gasteiger partial charge in [0.1, 0.15) is 18.5 Å². The van der Waals surface area contributed by atoms with E-state index in [2.05, 4.69) is 26.6 Å². The van der Waals surface area contributed by atoms with Crippen LogP contribution in [-0.4, -0.2) is 71.5 Å². The van der Waals surface area contributed by atoms with E-state index in [4.69, 9.17) is 14.6 Å². The molecule has 2 heterocycles. The lowest BCUT2D eigenvalue weighted by atomic mass is 9.89. The van der Waals surface area contributed by atoms with Crippen LogP contribution in [0.1, 0.15) is 24.0 Å². The highest BCUT2D eigenvalue weighted by atomic mass is 16.5. The van der Waals surface area contributed by atoms with Crippen LogP contribution in [0.3, 0.4) is 0 Å². The number of rotatable bonds is 7. The van der Waals surface area contributed by atoms with E-state index in [1.165, 1.54) is 0 Å². The number of hydrogen-bond acceptors (Lipinski definition) is 8. The number of fused-ring (bicyclic) bond motifs is 2. The fourth-order valence-corrected chi connectivity index (χ4v) is 4.46. The van der Waals surface area contributed by atoms with Crippen molar-refractivity contribution in [2.45, 2.75) is 25.4 Å². The Morgan fingerprint density at radius 3 is 2.91 bits per heavy atom. The van der Waals surface area contributed by atoms with E-state index in [9.17, 15) is 5.11 Å². The molecule has 1 fully saturated rings. The van der Waals surface area contributed by atoms with Crippen molar-refractivity contribution >= 4 is 22.3 Å². The summed E-state index contributed by atoms with van der Waals surface area (Å²) in [5, 5.41) is 25.5. The van der Waals surface area contributed by atoms with Crippen molar-refractivity contribution in [3.8, 4) is 5.75 Å². The third-order valence-electron chi connectivity index (χ3n) is 6.16. The molecule has 172 valence electrons. The number of nitrogens with zero attached hydrogens (tertiary/aromatic N) is 4. The molecule has 2 aliphatic rings. The molecule has 8 nitrogen and oxygen atoms in total. The zero-order valence-corrected chi connectivity index (χ0v) is 18.6. The molecule has 1 aliphatic heterocycles. The average molecular weight is 448 g/mol. The van der Waals surface area contributed by atoms with Gasteiger partial charge in [-0.1, -0.05) is 36.4 Å². The second-order valence-corrected chi connectivity index (χ2v) is 8.46. The van der Waals surface area contributed by atoms with Crippen LogP contribution in [0, 0.1) is 0 Å². The lowest BCUT2D eigenvalue weighted by Crippen LogP contribution is -2.42. The molecule has 1 saturated heterocycles. The van der Waals surface area contributed by atoms with Gasteiger partial charge in [0.15, 0.2) is 5.82 Å². The van der Waals surface area contributed by atoms with Gasteiger partial charge in [0.25, 0.3) is 0 Å². The predicted molar refractivity (Wildman–Crippen MR) is 128 cm³/mol. The van der Waals surface area contributed by atoms with E-state index in [1.807, 2.05) is 36.4 Å². The molecular weight excluding hydrogens is 418 g/mol. The van der Waals surface area contributed by atoms with Gasteiger partial charge in [0.2, 0.25) is 0 Å². The average Bonchev–Trinajstić information content (AvgIpc) is 2.86. The highest BCUT2D eigenvalue weighted by Crippen LogP contribution is 2.30. The Morgan fingerprint density at radius 1 is 1.12 bits per heavy atom. The molecule has 0 bridgehead atoms. The summed E-state index contributed by atoms with van der Waals surface area (Å²) < 4.78 is 11.4. The second kappa shape index (κ2) is 10.2. The summed E-state index contributed by atoms with van der Waals surface area (Å²) >= 11 is 0. The number of aliphatic hydroxyl groups excluding tert-OH is 1. The molecule has 33 heavy (non-hydrogen) atoms. The van der Waals surface area contributed by atoms with Crippen LogP contribution in [0.25, 0.3) is 10.8 Å². The first kappa shape index (κ1) is 21.8. The van der Waals surface area contributed by atoms with Gasteiger partial charge < -0.3 is 14.6 Å². The lowest BCUT2D eigenvalue weighted by Gasteiger charge is -2.28. The number of anilines is 1. The molecule has 0 unspecified atom stereocenters. The fraction of sp³-hybridized carbons (Fsp3) is 0.400. The molecule has 1 atom stereocenters. The number of hydrogen-bond donors (Lipinski definition) is 2. The fourth-order valence-electron chi connectivity index (χ4n) is 4.46. The minimum absolute atomic E-state index is 0.268. The molecule has 0 radical (unpaired) electrons. The minimum Gasteiger partial charge on any atom is -0.491 e. The van der Waals surface area contributed by atoms with Crippen LogP contribution >= 0.6 is 0 Å². The molecule has 5 rings (SSSR count). The monoisotopic (exact) mass is 447 g/mol. The normalized spacial score (nSPS) is 18.8. The molecule has 1 aromatic heterocycles. The molecule has 0 saturated carbocycles. The van der Waals surface area contributed by atoms with E-state index >= 15 is 0 Å². The Hall–Kier alpha value is -3.07. The van der Waals surface area contributed by atoms with Gasteiger partial charge in [0, 0.05) is 41.5 Å². The summed E-state index contributed by atoms with van der Waals surface area (Å²) in [6, 6.07) is 14.0. The standard InChI is InChI=1S/C25H29N5O3/c31-19(16-30-11-13-32-14-12-30)17-33-24-10-4-7-21-22(24)8-3-9-23(21)27-29-25-20-6-2-1-5-18(20)15-26-28-25/h1-2,4-7,10,15,19,31H,3,8-9,11-14,16-17H2,(H,28,29)/b27-23-/t19-/m0/s1. The Labute approximate surface area is 193 Å². The van der Waals surface area contributed by atoms with E-state index < -0.39 is 6.10 Å². The summed E-state index contributed by atoms with van der Waals surface area (Å²) in [7, 11) is 0. The van der Waals surface area contributed by atoms with E-state index in [-0.39, 0.29) is 6.61 Å². The first-order valence-electron chi connectivity index (χ1n) is 11.5. The Balaban J connectivity index is 1.29. The Kier molecular flexibility index (Phi) is 6.76. The van der Waals surface area contributed by atoms with Crippen LogP contribution in [0.4, 0.5) is 5.82 Å². The van der Waals surface area contributed by atoms with Crippen molar-refractivity contribution in [1.82, 2.24) is 15.1 Å². The Morgan fingerprint density at radius 2 is 2.00 bits per heavy atom. The maximum atomic E-state index is 10.5. The summed E-state index contributed by atoms with van der Waals surface area (Å²) in [5.74, 6) is 1.47. The number of benzene rings is 2. The van der Waals surface area contributed by atoms with Gasteiger partial charge in [-0.25, -0.2) is 0 Å². The number of ether oxygens (including phenoxy) is 2. The summed E-state index contributed by atoms with van der Waals surface area (Å²) in [6.45, 7) is 4.02. The summed E-state index contributed by atoms with van der Waals surface area (Å²) in [6.07, 6.45) is 4.01. The summed E-state index contributed by atoms with van der Waals surface area (Å²) in [4.78, 5) is 2.21. The highest BCUT2D eigenvalue weighted by Gasteiger charge is 2.21. The van der Waals surface area contributed by atoms with Gasteiger partial charge in [-0.15, -0.1) is 5.10 Å². The van der Waals surface area contributed by atoms with Crippen LogP contribution in [0.5, 0.6) is 5.75 Å². The van der Waals surface area contributed by atoms with Crippen molar-refractivity contribution in [3.05, 3.63) is 59.8 Å². The van der Waals surface area contributed by atoms with E-state index in [0.29, 0.717) is 12.4 Å². The number of nitrogens with one attached hydrogen (secondary N) is 1. The van der Waals surface area contributed by atoms with Crippen LogP contribution < -0.4 is 10.2 Å². The number of aliphatic hydroxyl groups is 1. The van der Waals surface area contributed by atoms with Crippen LogP contribution in [-0.2, 0) is 11.2 Å². The Bertz CT molecular complexity index is 1120. The lowest BCUT2D eigenvalue weighted by molar-refractivity contribution is 0.00457. The first-order valence-corrected chi connectivity index (χ1v) is 11.5. The molecule has 0 amide bonds. The van der Waals surface area contributed by atoms with E-state index in [0.717, 1.165) is 78.9 Å². The molecular formula is C25H29N5O3. The van der Waals surface area contributed by atoms with E-state index in [1.54, 1.807) is 6.20 Å². The molecule has 8 heteroatoms. The van der Waals surface area contributed by atoms with Crippen molar-refractivity contribution in [2.24, 2.45) is 5.10 Å². The molecule has 2 aromatic carbocycles.